The number of nitrogens with zero attached hydrogens (tertiary/aromatic N) is 1. The summed E-state index contributed by atoms with van der Waals surface area (Å²) in [4.78, 5) is 11.9. The summed E-state index contributed by atoms with van der Waals surface area (Å²) in [6.45, 7) is 5.67. The van der Waals surface area contributed by atoms with E-state index >= 15 is 0 Å². The minimum Gasteiger partial charge on any atom is -0.396 e. The molecule has 126 valence electrons. The molecule has 0 fully saturated rings. The van der Waals surface area contributed by atoms with Gasteiger partial charge in [0.1, 0.15) is 0 Å². The number of rotatable bonds is 8. The average molecular weight is 317 g/mol. The van der Waals surface area contributed by atoms with Gasteiger partial charge in [-0.2, -0.15) is 0 Å². The van der Waals surface area contributed by atoms with Gasteiger partial charge in [0.2, 0.25) is 0 Å². The number of aryl methyl sites for hydroxylation is 1. The number of carbonyl (C=O) groups excluding carboxylic acids is 1. The SMILES string of the molecule is CC(C)C(CCO)NC(=O)NCCCn1ccc2ccccc21. The molecule has 1 aromatic carbocycles. The van der Waals surface area contributed by atoms with Crippen molar-refractivity contribution in [1.82, 2.24) is 15.2 Å². The summed E-state index contributed by atoms with van der Waals surface area (Å²) in [5.41, 5.74) is 1.22. The Labute approximate surface area is 137 Å². The molecule has 0 radical (unpaired) electrons. The van der Waals surface area contributed by atoms with E-state index in [1.54, 1.807) is 0 Å². The van der Waals surface area contributed by atoms with Gasteiger partial charge in [0, 0.05) is 37.5 Å². The van der Waals surface area contributed by atoms with Crippen molar-refractivity contribution < 1.29 is 9.90 Å². The highest BCUT2D eigenvalue weighted by molar-refractivity contribution is 5.79. The molecule has 5 heteroatoms. The van der Waals surface area contributed by atoms with Crippen LogP contribution in [-0.4, -0.2) is 34.9 Å². The molecule has 1 heterocycles. The summed E-state index contributed by atoms with van der Waals surface area (Å²) in [5, 5.41) is 16.1. The Morgan fingerprint density at radius 1 is 1.26 bits per heavy atom. The largest absolute Gasteiger partial charge is 0.396 e. The molecule has 0 spiro atoms. The Hall–Kier alpha value is -2.01. The number of para-hydroxylation sites is 1. The van der Waals surface area contributed by atoms with Crippen LogP contribution >= 0.6 is 0 Å². The van der Waals surface area contributed by atoms with Crippen LogP contribution in [0.5, 0.6) is 0 Å². The lowest BCUT2D eigenvalue weighted by Crippen LogP contribution is -2.45. The minimum atomic E-state index is -0.158. The molecule has 1 atom stereocenters. The van der Waals surface area contributed by atoms with Crippen molar-refractivity contribution in [3.05, 3.63) is 36.5 Å². The smallest absolute Gasteiger partial charge is 0.315 e. The zero-order valence-electron chi connectivity index (χ0n) is 14.0. The molecule has 0 saturated heterocycles. The summed E-state index contributed by atoms with van der Waals surface area (Å²) in [7, 11) is 0. The van der Waals surface area contributed by atoms with E-state index in [0.717, 1.165) is 13.0 Å². The molecule has 2 aromatic rings. The maximum atomic E-state index is 11.9. The van der Waals surface area contributed by atoms with Crippen LogP contribution in [-0.2, 0) is 6.54 Å². The molecular weight excluding hydrogens is 290 g/mol. The molecule has 0 aliphatic carbocycles. The lowest BCUT2D eigenvalue weighted by Gasteiger charge is -2.21. The standard InChI is InChI=1S/C18H27N3O2/c1-14(2)16(9-13-22)20-18(23)19-10-5-11-21-12-8-15-6-3-4-7-17(15)21/h3-4,6-8,12,14,16,22H,5,9-11,13H2,1-2H3,(H2,19,20,23). The van der Waals surface area contributed by atoms with E-state index in [4.69, 9.17) is 5.11 Å². The molecule has 0 aliphatic rings. The third-order valence-corrected chi connectivity index (χ3v) is 4.10. The maximum Gasteiger partial charge on any atom is 0.315 e. The van der Waals surface area contributed by atoms with Gasteiger partial charge in [-0.15, -0.1) is 0 Å². The van der Waals surface area contributed by atoms with Gasteiger partial charge in [-0.25, -0.2) is 4.79 Å². The normalized spacial score (nSPS) is 12.5. The fourth-order valence-electron chi connectivity index (χ4n) is 2.72. The number of urea groups is 1. The lowest BCUT2D eigenvalue weighted by molar-refractivity contribution is 0.219. The second-order valence-electron chi connectivity index (χ2n) is 6.18. The number of amides is 2. The van der Waals surface area contributed by atoms with Gasteiger partial charge in [0.05, 0.1) is 0 Å². The molecule has 2 amide bonds. The van der Waals surface area contributed by atoms with Crippen LogP contribution < -0.4 is 10.6 Å². The van der Waals surface area contributed by atoms with Crippen LogP contribution in [0.25, 0.3) is 10.9 Å². The second kappa shape index (κ2) is 8.58. The number of fused-ring (bicyclic) bond motifs is 1. The van der Waals surface area contributed by atoms with Crippen LogP contribution in [0.2, 0.25) is 0 Å². The van der Waals surface area contributed by atoms with Crippen LogP contribution in [0, 0.1) is 5.92 Å². The Bertz CT molecular complexity index is 622. The van der Waals surface area contributed by atoms with Crippen LogP contribution in [0.3, 0.4) is 0 Å². The van der Waals surface area contributed by atoms with Crippen molar-refractivity contribution in [2.24, 2.45) is 5.92 Å². The summed E-state index contributed by atoms with van der Waals surface area (Å²) < 4.78 is 2.21. The van der Waals surface area contributed by atoms with E-state index < -0.39 is 0 Å². The number of nitrogens with one attached hydrogen (secondary N) is 2. The van der Waals surface area contributed by atoms with Crippen molar-refractivity contribution >= 4 is 16.9 Å². The number of carbonyl (C=O) groups is 1. The van der Waals surface area contributed by atoms with Crippen molar-refractivity contribution in [2.75, 3.05) is 13.2 Å². The molecule has 1 unspecified atom stereocenters. The van der Waals surface area contributed by atoms with Crippen LogP contribution in [0.1, 0.15) is 26.7 Å². The van der Waals surface area contributed by atoms with Gasteiger partial charge >= 0.3 is 6.03 Å². The van der Waals surface area contributed by atoms with E-state index in [1.807, 2.05) is 26.0 Å². The van der Waals surface area contributed by atoms with Crippen molar-refractivity contribution in [1.29, 1.82) is 0 Å². The van der Waals surface area contributed by atoms with Crippen LogP contribution in [0.4, 0.5) is 4.79 Å². The van der Waals surface area contributed by atoms with Gasteiger partial charge in [-0.1, -0.05) is 32.0 Å². The zero-order valence-corrected chi connectivity index (χ0v) is 14.0. The first-order valence-corrected chi connectivity index (χ1v) is 8.31. The van der Waals surface area contributed by atoms with Gasteiger partial charge in [0.25, 0.3) is 0 Å². The monoisotopic (exact) mass is 317 g/mol. The molecule has 2 rings (SSSR count). The first kappa shape index (κ1) is 17.3. The molecule has 0 aliphatic heterocycles. The first-order valence-electron chi connectivity index (χ1n) is 8.31. The Morgan fingerprint density at radius 3 is 2.78 bits per heavy atom. The summed E-state index contributed by atoms with van der Waals surface area (Å²) in [5.74, 6) is 0.305. The highest BCUT2D eigenvalue weighted by Gasteiger charge is 2.14. The predicted molar refractivity (Wildman–Crippen MR) is 93.4 cm³/mol. The van der Waals surface area contributed by atoms with Gasteiger partial charge < -0.3 is 20.3 Å². The summed E-state index contributed by atoms with van der Waals surface area (Å²) >= 11 is 0. The van der Waals surface area contributed by atoms with Gasteiger partial charge in [-0.05, 0) is 36.3 Å². The minimum absolute atomic E-state index is 0.00777. The fraction of sp³-hybridized carbons (Fsp3) is 0.500. The van der Waals surface area contributed by atoms with Crippen molar-refractivity contribution in [2.45, 2.75) is 39.3 Å². The zero-order chi connectivity index (χ0) is 16.7. The number of hydrogen-bond acceptors (Lipinski definition) is 2. The molecule has 23 heavy (non-hydrogen) atoms. The molecule has 1 aromatic heterocycles. The number of aliphatic hydroxyl groups excluding tert-OH is 1. The molecule has 3 N–H and O–H groups in total. The van der Waals surface area contributed by atoms with Crippen LogP contribution in [0.15, 0.2) is 36.5 Å². The second-order valence-corrected chi connectivity index (χ2v) is 6.18. The maximum absolute atomic E-state index is 11.9. The van der Waals surface area contributed by atoms with E-state index in [1.165, 1.54) is 10.9 Å². The molecule has 5 nitrogen and oxygen atoms in total. The fourth-order valence-corrected chi connectivity index (χ4v) is 2.72. The first-order chi connectivity index (χ1) is 11.1. The Balaban J connectivity index is 1.73. The average Bonchev–Trinajstić information content (AvgIpc) is 2.94. The third kappa shape index (κ3) is 4.99. The predicted octanol–water partition coefficient (Wildman–Crippen LogP) is 2.74. The van der Waals surface area contributed by atoms with E-state index in [2.05, 4.69) is 39.6 Å². The summed E-state index contributed by atoms with van der Waals surface area (Å²) in [6.07, 6.45) is 3.54. The Morgan fingerprint density at radius 2 is 2.04 bits per heavy atom. The lowest BCUT2D eigenvalue weighted by atomic mass is 10.0. The van der Waals surface area contributed by atoms with Gasteiger partial charge in [0.15, 0.2) is 0 Å². The highest BCUT2D eigenvalue weighted by atomic mass is 16.3. The van der Waals surface area contributed by atoms with E-state index in [-0.39, 0.29) is 18.7 Å². The highest BCUT2D eigenvalue weighted by Crippen LogP contribution is 2.15. The number of benzene rings is 1. The van der Waals surface area contributed by atoms with E-state index in [0.29, 0.717) is 18.9 Å². The Kier molecular flexibility index (Phi) is 6.47. The third-order valence-electron chi connectivity index (χ3n) is 4.10. The number of aliphatic hydroxyl groups is 1. The van der Waals surface area contributed by atoms with E-state index in [9.17, 15) is 4.79 Å². The number of aromatic nitrogens is 1. The molecular formula is C18H27N3O2. The molecule has 0 bridgehead atoms. The topological polar surface area (TPSA) is 66.3 Å². The molecule has 0 saturated carbocycles. The van der Waals surface area contributed by atoms with Gasteiger partial charge in [-0.3, -0.25) is 0 Å². The number of hydrogen-bond donors (Lipinski definition) is 3. The quantitative estimate of drug-likeness (QED) is 0.655. The summed E-state index contributed by atoms with van der Waals surface area (Å²) in [6, 6.07) is 10.2. The van der Waals surface area contributed by atoms with Crippen molar-refractivity contribution in [3.8, 4) is 0 Å². The van der Waals surface area contributed by atoms with Crippen molar-refractivity contribution in [3.63, 3.8) is 0 Å².